The molecule has 0 radical (unpaired) electrons. The second-order valence-corrected chi connectivity index (χ2v) is 4.10. The predicted molar refractivity (Wildman–Crippen MR) is 67.0 cm³/mol. The first-order chi connectivity index (χ1) is 7.71. The molecule has 0 aliphatic carbocycles. The van der Waals surface area contributed by atoms with Crippen LogP contribution in [0, 0.1) is 0 Å². The quantitative estimate of drug-likeness (QED) is 0.573. The van der Waals surface area contributed by atoms with Gasteiger partial charge in [0.05, 0.1) is 6.10 Å². The average Bonchev–Trinajstić information content (AvgIpc) is 2.35. The van der Waals surface area contributed by atoms with E-state index < -0.39 is 0 Å². The maximum atomic E-state index is 5.59. The summed E-state index contributed by atoms with van der Waals surface area (Å²) < 4.78 is 5.26. The molecule has 0 saturated heterocycles. The summed E-state index contributed by atoms with van der Waals surface area (Å²) in [5.74, 6) is 5.59. The van der Waals surface area contributed by atoms with Gasteiger partial charge in [0.15, 0.2) is 0 Å². The van der Waals surface area contributed by atoms with E-state index in [0.29, 0.717) is 0 Å². The van der Waals surface area contributed by atoms with Crippen molar-refractivity contribution in [1.82, 2.24) is 5.43 Å². The van der Waals surface area contributed by atoms with E-state index in [9.17, 15) is 0 Å². The van der Waals surface area contributed by atoms with Crippen LogP contribution in [0.3, 0.4) is 0 Å². The van der Waals surface area contributed by atoms with Crippen molar-refractivity contribution in [2.45, 2.75) is 38.8 Å². The van der Waals surface area contributed by atoms with Gasteiger partial charge in [-0.05, 0) is 30.9 Å². The van der Waals surface area contributed by atoms with Gasteiger partial charge < -0.3 is 4.74 Å². The van der Waals surface area contributed by atoms with Crippen molar-refractivity contribution in [2.75, 3.05) is 7.11 Å². The van der Waals surface area contributed by atoms with Crippen LogP contribution in [0.25, 0.3) is 0 Å². The van der Waals surface area contributed by atoms with Crippen LogP contribution in [0.1, 0.15) is 37.4 Å². The molecule has 1 rings (SSSR count). The zero-order valence-corrected chi connectivity index (χ0v) is 10.4. The Labute approximate surface area is 98.0 Å². The van der Waals surface area contributed by atoms with Crippen molar-refractivity contribution in [2.24, 2.45) is 5.84 Å². The Balaban J connectivity index is 2.77. The average molecular weight is 222 g/mol. The first kappa shape index (κ1) is 13.2. The number of hydrogen-bond acceptors (Lipinski definition) is 3. The third kappa shape index (κ3) is 3.59. The Morgan fingerprint density at radius 1 is 1.44 bits per heavy atom. The van der Waals surface area contributed by atoms with E-state index >= 15 is 0 Å². The van der Waals surface area contributed by atoms with Gasteiger partial charge in [0.25, 0.3) is 0 Å². The molecule has 0 spiro atoms. The van der Waals surface area contributed by atoms with Crippen LogP contribution in [0.5, 0.6) is 0 Å². The van der Waals surface area contributed by atoms with Crippen molar-refractivity contribution in [1.29, 1.82) is 0 Å². The topological polar surface area (TPSA) is 47.3 Å². The molecule has 0 fully saturated rings. The van der Waals surface area contributed by atoms with Crippen LogP contribution >= 0.6 is 0 Å². The number of nitrogens with two attached hydrogens (primary N) is 1. The molecule has 0 aliphatic heterocycles. The summed E-state index contributed by atoms with van der Waals surface area (Å²) in [4.78, 5) is 0. The summed E-state index contributed by atoms with van der Waals surface area (Å²) in [6.45, 7) is 4.20. The monoisotopic (exact) mass is 222 g/mol. The Morgan fingerprint density at radius 3 is 2.75 bits per heavy atom. The van der Waals surface area contributed by atoms with E-state index in [-0.39, 0.29) is 12.1 Å². The molecule has 2 unspecified atom stereocenters. The van der Waals surface area contributed by atoms with Gasteiger partial charge in [-0.2, -0.15) is 0 Å². The summed E-state index contributed by atoms with van der Waals surface area (Å²) in [6, 6.07) is 8.67. The zero-order chi connectivity index (χ0) is 12.0. The van der Waals surface area contributed by atoms with E-state index in [1.165, 1.54) is 11.1 Å². The van der Waals surface area contributed by atoms with Crippen LogP contribution in [0.15, 0.2) is 24.3 Å². The fraction of sp³-hybridized carbons (Fsp3) is 0.538. The highest BCUT2D eigenvalue weighted by Gasteiger charge is 2.13. The lowest BCUT2D eigenvalue weighted by molar-refractivity contribution is 0.100. The van der Waals surface area contributed by atoms with Gasteiger partial charge in [-0.25, -0.2) is 0 Å². The molecule has 0 bridgehead atoms. The fourth-order valence-corrected chi connectivity index (χ4v) is 1.76. The lowest BCUT2D eigenvalue weighted by Crippen LogP contribution is -2.30. The molecular formula is C13H22N2O. The van der Waals surface area contributed by atoms with Crippen LogP contribution in [0.2, 0.25) is 0 Å². The van der Waals surface area contributed by atoms with Crippen molar-refractivity contribution in [3.8, 4) is 0 Å². The number of hydrogen-bond donors (Lipinski definition) is 2. The molecule has 0 aromatic heterocycles. The third-order valence-electron chi connectivity index (χ3n) is 2.93. The molecule has 0 aliphatic rings. The molecule has 3 heteroatoms. The maximum Gasteiger partial charge on any atom is 0.0561 e. The Morgan fingerprint density at radius 2 is 2.19 bits per heavy atom. The highest BCUT2D eigenvalue weighted by molar-refractivity contribution is 5.26. The summed E-state index contributed by atoms with van der Waals surface area (Å²) in [5.41, 5.74) is 5.42. The molecule has 1 aromatic rings. The van der Waals surface area contributed by atoms with Gasteiger partial charge in [-0.15, -0.1) is 0 Å². The van der Waals surface area contributed by atoms with Crippen LogP contribution < -0.4 is 11.3 Å². The minimum atomic E-state index is 0.154. The number of ether oxygens (including phenoxy) is 1. The molecule has 16 heavy (non-hydrogen) atoms. The van der Waals surface area contributed by atoms with E-state index in [0.717, 1.165) is 12.8 Å². The van der Waals surface area contributed by atoms with Gasteiger partial charge >= 0.3 is 0 Å². The highest BCUT2D eigenvalue weighted by Crippen LogP contribution is 2.20. The second-order valence-electron chi connectivity index (χ2n) is 4.10. The van der Waals surface area contributed by atoms with Gasteiger partial charge in [-0.1, -0.05) is 31.2 Å². The largest absolute Gasteiger partial charge is 0.382 e. The highest BCUT2D eigenvalue weighted by atomic mass is 16.5. The Hall–Kier alpha value is -0.900. The molecule has 0 heterocycles. The number of hydrazine groups is 1. The summed E-state index contributed by atoms with van der Waals surface area (Å²) in [6.07, 6.45) is 2.12. The van der Waals surface area contributed by atoms with Crippen molar-refractivity contribution in [3.05, 3.63) is 35.4 Å². The lowest BCUT2D eigenvalue weighted by Gasteiger charge is -2.20. The van der Waals surface area contributed by atoms with Crippen LogP contribution in [-0.2, 0) is 11.2 Å². The normalized spacial score (nSPS) is 14.8. The summed E-state index contributed by atoms with van der Waals surface area (Å²) in [5, 5.41) is 0. The van der Waals surface area contributed by atoms with E-state index in [1.54, 1.807) is 7.11 Å². The molecule has 0 saturated carbocycles. The third-order valence-corrected chi connectivity index (χ3v) is 2.93. The van der Waals surface area contributed by atoms with Crippen molar-refractivity contribution < 1.29 is 4.74 Å². The number of methoxy groups -OCH3 is 1. The van der Waals surface area contributed by atoms with E-state index in [1.807, 2.05) is 6.92 Å². The van der Waals surface area contributed by atoms with Gasteiger partial charge in [0.1, 0.15) is 0 Å². The molecule has 3 nitrogen and oxygen atoms in total. The molecule has 2 atom stereocenters. The molecule has 3 N–H and O–H groups in total. The molecular weight excluding hydrogens is 200 g/mol. The Bertz CT molecular complexity index is 315. The maximum absolute atomic E-state index is 5.59. The predicted octanol–water partition coefficient (Wildman–Crippen LogP) is 2.18. The minimum Gasteiger partial charge on any atom is -0.382 e. The second kappa shape index (κ2) is 6.63. The van der Waals surface area contributed by atoms with Crippen LogP contribution in [0.4, 0.5) is 0 Å². The van der Waals surface area contributed by atoms with E-state index in [2.05, 4.69) is 36.6 Å². The minimum absolute atomic E-state index is 0.154. The lowest BCUT2D eigenvalue weighted by atomic mass is 9.99. The molecule has 1 aromatic carbocycles. The fourth-order valence-electron chi connectivity index (χ4n) is 1.76. The first-order valence-electron chi connectivity index (χ1n) is 5.79. The molecule has 0 amide bonds. The Kier molecular flexibility index (Phi) is 5.46. The van der Waals surface area contributed by atoms with Crippen molar-refractivity contribution in [3.63, 3.8) is 0 Å². The number of benzene rings is 1. The van der Waals surface area contributed by atoms with Gasteiger partial charge in [-0.3, -0.25) is 11.3 Å². The van der Waals surface area contributed by atoms with Crippen molar-refractivity contribution >= 4 is 0 Å². The van der Waals surface area contributed by atoms with Crippen LogP contribution in [-0.4, -0.2) is 13.2 Å². The summed E-state index contributed by atoms with van der Waals surface area (Å²) >= 11 is 0. The van der Waals surface area contributed by atoms with E-state index in [4.69, 9.17) is 10.6 Å². The number of rotatable bonds is 6. The summed E-state index contributed by atoms with van der Waals surface area (Å²) in [7, 11) is 1.72. The number of nitrogens with one attached hydrogen (secondary N) is 1. The number of aryl methyl sites for hydroxylation is 1. The smallest absolute Gasteiger partial charge is 0.0561 e. The first-order valence-corrected chi connectivity index (χ1v) is 5.79. The SMILES string of the molecule is CCc1cccc(C(CC(C)OC)NN)c1. The van der Waals surface area contributed by atoms with Gasteiger partial charge in [0.2, 0.25) is 0 Å². The standard InChI is InChI=1S/C13H22N2O/c1-4-11-6-5-7-12(9-11)13(15-14)8-10(2)16-3/h5-7,9-10,13,15H,4,8,14H2,1-3H3. The van der Waals surface area contributed by atoms with Gasteiger partial charge in [0, 0.05) is 13.2 Å². The molecule has 90 valence electrons. The zero-order valence-electron chi connectivity index (χ0n) is 10.4.